The molecule has 1 aliphatic rings. The molecule has 0 atom stereocenters. The average Bonchev–Trinajstić information content (AvgIpc) is 3.33. The number of hydrogen-bond acceptors (Lipinski definition) is 8. The predicted octanol–water partition coefficient (Wildman–Crippen LogP) is 3.45. The number of fused-ring (bicyclic) bond motifs is 2. The van der Waals surface area contributed by atoms with Crippen LogP contribution in [0.5, 0.6) is 0 Å². The van der Waals surface area contributed by atoms with Crippen molar-refractivity contribution in [2.24, 2.45) is 0 Å². The van der Waals surface area contributed by atoms with E-state index in [2.05, 4.69) is 30.4 Å². The third-order valence-electron chi connectivity index (χ3n) is 6.25. The molecule has 5 rings (SSSR count). The number of pyridine rings is 2. The molecule has 190 valence electrons. The minimum atomic E-state index is -1.04. The molecule has 1 amide bonds. The first-order valence-electron chi connectivity index (χ1n) is 11.6. The van der Waals surface area contributed by atoms with Gasteiger partial charge in [-0.15, -0.1) is 0 Å². The highest BCUT2D eigenvalue weighted by Gasteiger charge is 2.44. The van der Waals surface area contributed by atoms with Crippen LogP contribution in [0.3, 0.4) is 0 Å². The molecule has 0 aliphatic carbocycles. The topological polar surface area (TPSA) is 125 Å². The molecule has 12 heteroatoms. The Labute approximate surface area is 210 Å². The van der Waals surface area contributed by atoms with Crippen LogP contribution in [0, 0.1) is 11.6 Å². The van der Waals surface area contributed by atoms with Crippen LogP contribution >= 0.6 is 0 Å². The Hall–Kier alpha value is -4.19. The Kier molecular flexibility index (Phi) is 6.20. The maximum atomic E-state index is 14.3. The summed E-state index contributed by atoms with van der Waals surface area (Å²) < 4.78 is 35.0. The number of methoxy groups -OCH3 is 1. The van der Waals surface area contributed by atoms with Gasteiger partial charge in [-0.05, 0) is 38.5 Å². The van der Waals surface area contributed by atoms with E-state index >= 15 is 0 Å². The maximum Gasteiger partial charge on any atom is 0.235 e. The summed E-state index contributed by atoms with van der Waals surface area (Å²) in [5.41, 5.74) is -0.0583. The molecule has 1 N–H and O–H groups in total. The second-order valence-electron chi connectivity index (χ2n) is 9.18. The van der Waals surface area contributed by atoms with Crippen LogP contribution in [0.1, 0.15) is 48.4 Å². The van der Waals surface area contributed by atoms with Crippen molar-refractivity contribution in [1.29, 1.82) is 0 Å². The van der Waals surface area contributed by atoms with Crippen molar-refractivity contribution in [3.63, 3.8) is 0 Å². The van der Waals surface area contributed by atoms with E-state index in [-0.39, 0.29) is 64.4 Å². The van der Waals surface area contributed by atoms with Gasteiger partial charge >= 0.3 is 0 Å². The van der Waals surface area contributed by atoms with Crippen molar-refractivity contribution < 1.29 is 23.1 Å². The van der Waals surface area contributed by atoms with Crippen molar-refractivity contribution in [3.05, 3.63) is 59.2 Å². The lowest BCUT2D eigenvalue weighted by Crippen LogP contribution is -2.28. The van der Waals surface area contributed by atoms with Gasteiger partial charge in [-0.1, -0.05) is 0 Å². The van der Waals surface area contributed by atoms with E-state index in [1.807, 2.05) is 0 Å². The molecule has 4 aromatic heterocycles. The number of anilines is 1. The van der Waals surface area contributed by atoms with E-state index in [0.29, 0.717) is 18.6 Å². The second-order valence-corrected chi connectivity index (χ2v) is 9.18. The van der Waals surface area contributed by atoms with E-state index in [1.165, 1.54) is 29.1 Å². The molecular weight excluding hydrogens is 484 g/mol. The number of rotatable bonds is 8. The van der Waals surface area contributed by atoms with E-state index in [1.54, 1.807) is 21.0 Å². The number of ketones is 1. The fourth-order valence-electron chi connectivity index (χ4n) is 4.31. The minimum Gasteiger partial charge on any atom is -0.385 e. The van der Waals surface area contributed by atoms with Gasteiger partial charge < -0.3 is 10.1 Å². The van der Waals surface area contributed by atoms with Crippen molar-refractivity contribution >= 4 is 28.5 Å². The molecule has 10 nitrogen and oxygen atoms in total. The normalized spacial score (nSPS) is 14.1. The summed E-state index contributed by atoms with van der Waals surface area (Å²) in [6, 6.07) is 3.96. The molecule has 0 saturated carbocycles. The first-order chi connectivity index (χ1) is 17.7. The molecule has 5 heterocycles. The number of ether oxygens (including phenoxy) is 1. The molecule has 0 aromatic carbocycles. The van der Waals surface area contributed by atoms with Crippen LogP contribution in [-0.2, 0) is 21.5 Å². The molecule has 0 spiro atoms. The van der Waals surface area contributed by atoms with Gasteiger partial charge in [-0.2, -0.15) is 5.10 Å². The van der Waals surface area contributed by atoms with E-state index < -0.39 is 17.0 Å². The largest absolute Gasteiger partial charge is 0.385 e. The van der Waals surface area contributed by atoms with E-state index in [0.717, 1.165) is 6.20 Å². The summed E-state index contributed by atoms with van der Waals surface area (Å²) in [4.78, 5) is 43.1. The summed E-state index contributed by atoms with van der Waals surface area (Å²) in [6.45, 7) is 3.68. The summed E-state index contributed by atoms with van der Waals surface area (Å²) in [5.74, 6) is -1.57. The second kappa shape index (κ2) is 9.36. The first kappa shape index (κ1) is 24.5. The Balaban J connectivity index is 1.68. The molecule has 0 fully saturated rings. The fourth-order valence-corrected chi connectivity index (χ4v) is 4.31. The van der Waals surface area contributed by atoms with Crippen LogP contribution in [-0.4, -0.2) is 55.1 Å². The molecule has 0 unspecified atom stereocenters. The SMILES string of the molecule is COCCCC(=O)c1nc(-c2nn(Cc3ncccc3F)c3ncc(F)cc23)nc2c1C(C)(C)C(=O)N2. The van der Waals surface area contributed by atoms with Gasteiger partial charge in [0, 0.05) is 31.9 Å². The highest BCUT2D eigenvalue weighted by molar-refractivity contribution is 6.09. The lowest BCUT2D eigenvalue weighted by atomic mass is 9.84. The molecule has 37 heavy (non-hydrogen) atoms. The van der Waals surface area contributed by atoms with Crippen LogP contribution in [0.4, 0.5) is 14.6 Å². The number of carbonyl (C=O) groups is 2. The third-order valence-corrected chi connectivity index (χ3v) is 6.25. The summed E-state index contributed by atoms with van der Waals surface area (Å²) in [7, 11) is 1.54. The highest BCUT2D eigenvalue weighted by Crippen LogP contribution is 2.40. The lowest BCUT2D eigenvalue weighted by molar-refractivity contribution is -0.119. The molecular formula is C25H23F2N7O3. The van der Waals surface area contributed by atoms with Gasteiger partial charge in [0.1, 0.15) is 28.8 Å². The average molecular weight is 508 g/mol. The Morgan fingerprint density at radius 1 is 1.22 bits per heavy atom. The van der Waals surface area contributed by atoms with Gasteiger partial charge in [0.25, 0.3) is 0 Å². The van der Waals surface area contributed by atoms with Crippen LogP contribution in [0.15, 0.2) is 30.6 Å². The van der Waals surface area contributed by atoms with Crippen molar-refractivity contribution in [1.82, 2.24) is 29.7 Å². The number of hydrogen-bond donors (Lipinski definition) is 1. The van der Waals surface area contributed by atoms with Crippen molar-refractivity contribution in [3.8, 4) is 11.5 Å². The number of aromatic nitrogens is 6. The van der Waals surface area contributed by atoms with Crippen molar-refractivity contribution in [2.75, 3.05) is 19.0 Å². The number of carbonyl (C=O) groups excluding carboxylic acids is 2. The number of amides is 1. The summed E-state index contributed by atoms with van der Waals surface area (Å²) in [5, 5.41) is 7.49. The minimum absolute atomic E-state index is 0.00415. The van der Waals surface area contributed by atoms with Gasteiger partial charge in [-0.3, -0.25) is 14.6 Å². The molecule has 0 saturated heterocycles. The maximum absolute atomic E-state index is 14.3. The van der Waals surface area contributed by atoms with Gasteiger partial charge in [0.15, 0.2) is 17.3 Å². The smallest absolute Gasteiger partial charge is 0.235 e. The zero-order chi connectivity index (χ0) is 26.3. The van der Waals surface area contributed by atoms with Gasteiger partial charge in [-0.25, -0.2) is 28.4 Å². The molecule has 0 bridgehead atoms. The van der Waals surface area contributed by atoms with Crippen molar-refractivity contribution in [2.45, 2.75) is 38.6 Å². The summed E-state index contributed by atoms with van der Waals surface area (Å²) >= 11 is 0. The fraction of sp³-hybridized carbons (Fsp3) is 0.320. The van der Waals surface area contributed by atoms with Crippen LogP contribution in [0.25, 0.3) is 22.6 Å². The van der Waals surface area contributed by atoms with Crippen LogP contribution < -0.4 is 5.32 Å². The standard InChI is InChI=1S/C25H23F2N7O3/c1-25(2)18-20(17(35)7-5-9-37-3)30-22(31-21(18)32-24(25)36)19-14-10-13(26)11-29-23(14)34(33-19)12-16-15(27)6-4-8-28-16/h4,6,8,10-11H,5,7,9,12H2,1-3H3,(H,30,31,32,36). The van der Waals surface area contributed by atoms with E-state index in [4.69, 9.17) is 4.74 Å². The zero-order valence-electron chi connectivity index (χ0n) is 20.4. The Morgan fingerprint density at radius 2 is 2.03 bits per heavy atom. The first-order valence-corrected chi connectivity index (χ1v) is 11.6. The monoisotopic (exact) mass is 507 g/mol. The zero-order valence-corrected chi connectivity index (χ0v) is 20.4. The Morgan fingerprint density at radius 3 is 2.78 bits per heavy atom. The van der Waals surface area contributed by atoms with Crippen LogP contribution in [0.2, 0.25) is 0 Å². The van der Waals surface area contributed by atoms with E-state index in [9.17, 15) is 18.4 Å². The van der Waals surface area contributed by atoms with Gasteiger partial charge in [0.2, 0.25) is 5.91 Å². The molecule has 0 radical (unpaired) electrons. The third kappa shape index (κ3) is 4.33. The summed E-state index contributed by atoms with van der Waals surface area (Å²) in [6.07, 6.45) is 3.09. The number of nitrogens with one attached hydrogen (secondary N) is 1. The number of Topliss-reactive ketones (excluding diaryl/α,β-unsaturated/α-hetero) is 1. The Bertz CT molecular complexity index is 1550. The van der Waals surface area contributed by atoms with Gasteiger partial charge in [0.05, 0.1) is 29.2 Å². The highest BCUT2D eigenvalue weighted by atomic mass is 19.1. The lowest BCUT2D eigenvalue weighted by Gasteiger charge is -2.17. The molecule has 4 aromatic rings. The number of halogens is 2. The predicted molar refractivity (Wildman–Crippen MR) is 129 cm³/mol. The molecule has 1 aliphatic heterocycles. The quantitative estimate of drug-likeness (QED) is 0.284. The number of nitrogens with zero attached hydrogens (tertiary/aromatic N) is 6.